The third-order valence-corrected chi connectivity index (χ3v) is 2.32. The molecule has 11 heavy (non-hydrogen) atoms. The Balaban J connectivity index is 2.34. The topological polar surface area (TPSA) is 54.4 Å². The van der Waals surface area contributed by atoms with Crippen LogP contribution in [0.15, 0.2) is 0 Å². The van der Waals surface area contributed by atoms with Gasteiger partial charge in [0.1, 0.15) is 6.29 Å². The van der Waals surface area contributed by atoms with Crippen LogP contribution in [0.25, 0.3) is 0 Å². The van der Waals surface area contributed by atoms with E-state index in [9.17, 15) is 9.59 Å². The van der Waals surface area contributed by atoms with Crippen molar-refractivity contribution >= 4 is 12.3 Å². The minimum Gasteiger partial charge on any atom is -0.481 e. The summed E-state index contributed by atoms with van der Waals surface area (Å²) in [7, 11) is 0. The molecular formula is C8H12O3. The van der Waals surface area contributed by atoms with E-state index >= 15 is 0 Å². The van der Waals surface area contributed by atoms with Crippen molar-refractivity contribution in [3.05, 3.63) is 0 Å². The Morgan fingerprint density at radius 3 is 2.73 bits per heavy atom. The summed E-state index contributed by atoms with van der Waals surface area (Å²) in [6, 6.07) is 0. The molecule has 1 N–H and O–H groups in total. The Morgan fingerprint density at radius 1 is 1.55 bits per heavy atom. The Morgan fingerprint density at radius 2 is 2.27 bits per heavy atom. The van der Waals surface area contributed by atoms with Crippen molar-refractivity contribution in [3.63, 3.8) is 0 Å². The SMILES string of the molecule is O=CCC1CCC(C(=O)O)C1. The van der Waals surface area contributed by atoms with Gasteiger partial charge >= 0.3 is 5.97 Å². The summed E-state index contributed by atoms with van der Waals surface area (Å²) >= 11 is 0. The molecule has 0 aliphatic heterocycles. The van der Waals surface area contributed by atoms with Crippen LogP contribution in [0.4, 0.5) is 0 Å². The Kier molecular flexibility index (Phi) is 2.63. The predicted molar refractivity (Wildman–Crippen MR) is 39.1 cm³/mol. The highest BCUT2D eigenvalue weighted by molar-refractivity contribution is 5.70. The molecule has 1 fully saturated rings. The van der Waals surface area contributed by atoms with E-state index < -0.39 is 5.97 Å². The highest BCUT2D eigenvalue weighted by atomic mass is 16.4. The molecule has 3 heteroatoms. The number of hydrogen-bond donors (Lipinski definition) is 1. The maximum Gasteiger partial charge on any atom is 0.306 e. The summed E-state index contributed by atoms with van der Waals surface area (Å²) < 4.78 is 0. The highest BCUT2D eigenvalue weighted by Crippen LogP contribution is 2.32. The fraction of sp³-hybridized carbons (Fsp3) is 0.750. The van der Waals surface area contributed by atoms with Crippen molar-refractivity contribution in [2.45, 2.75) is 25.7 Å². The average molecular weight is 156 g/mol. The summed E-state index contributed by atoms with van der Waals surface area (Å²) in [5.41, 5.74) is 0. The van der Waals surface area contributed by atoms with Crippen LogP contribution in [0.1, 0.15) is 25.7 Å². The zero-order valence-electron chi connectivity index (χ0n) is 6.32. The van der Waals surface area contributed by atoms with Gasteiger partial charge in [-0.15, -0.1) is 0 Å². The molecule has 0 spiro atoms. The van der Waals surface area contributed by atoms with Crippen molar-refractivity contribution in [1.82, 2.24) is 0 Å². The molecule has 2 atom stereocenters. The summed E-state index contributed by atoms with van der Waals surface area (Å²) in [5.74, 6) is -0.577. The van der Waals surface area contributed by atoms with E-state index in [4.69, 9.17) is 5.11 Å². The third-order valence-electron chi connectivity index (χ3n) is 2.32. The van der Waals surface area contributed by atoms with Gasteiger partial charge in [-0.25, -0.2) is 0 Å². The molecule has 3 nitrogen and oxygen atoms in total. The number of carbonyl (C=O) groups excluding carboxylic acids is 1. The number of rotatable bonds is 3. The zero-order chi connectivity index (χ0) is 8.27. The highest BCUT2D eigenvalue weighted by Gasteiger charge is 2.28. The first-order chi connectivity index (χ1) is 5.24. The second kappa shape index (κ2) is 3.51. The first-order valence-electron chi connectivity index (χ1n) is 3.90. The number of carbonyl (C=O) groups is 2. The van der Waals surface area contributed by atoms with Gasteiger partial charge in [-0.3, -0.25) is 4.79 Å². The smallest absolute Gasteiger partial charge is 0.306 e. The van der Waals surface area contributed by atoms with Gasteiger partial charge in [0.15, 0.2) is 0 Å². The molecule has 0 saturated heterocycles. The van der Waals surface area contributed by atoms with Crippen LogP contribution in [0, 0.1) is 11.8 Å². The van der Waals surface area contributed by atoms with Crippen molar-refractivity contribution in [2.75, 3.05) is 0 Å². The molecule has 1 aliphatic rings. The van der Waals surface area contributed by atoms with Crippen LogP contribution in [0.2, 0.25) is 0 Å². The lowest BCUT2D eigenvalue weighted by atomic mass is 10.0. The van der Waals surface area contributed by atoms with Crippen LogP contribution in [-0.4, -0.2) is 17.4 Å². The zero-order valence-corrected chi connectivity index (χ0v) is 6.32. The van der Waals surface area contributed by atoms with Gasteiger partial charge < -0.3 is 9.90 Å². The molecule has 0 aromatic rings. The molecule has 0 bridgehead atoms. The molecule has 0 heterocycles. The van der Waals surface area contributed by atoms with Crippen LogP contribution in [-0.2, 0) is 9.59 Å². The maximum atomic E-state index is 10.5. The lowest BCUT2D eigenvalue weighted by molar-refractivity contribution is -0.141. The molecule has 0 aromatic carbocycles. The second-order valence-electron chi connectivity index (χ2n) is 3.12. The lowest BCUT2D eigenvalue weighted by Crippen LogP contribution is -2.09. The van der Waals surface area contributed by atoms with Gasteiger partial charge in [0.05, 0.1) is 5.92 Å². The molecule has 1 saturated carbocycles. The Labute approximate surface area is 65.4 Å². The quantitative estimate of drug-likeness (QED) is 0.622. The normalized spacial score (nSPS) is 30.2. The van der Waals surface area contributed by atoms with Crippen LogP contribution in [0.5, 0.6) is 0 Å². The van der Waals surface area contributed by atoms with E-state index in [0.717, 1.165) is 19.1 Å². The van der Waals surface area contributed by atoms with Crippen molar-refractivity contribution in [1.29, 1.82) is 0 Å². The maximum absolute atomic E-state index is 10.5. The molecule has 62 valence electrons. The fourth-order valence-corrected chi connectivity index (χ4v) is 1.65. The molecule has 2 unspecified atom stereocenters. The Hall–Kier alpha value is -0.860. The second-order valence-corrected chi connectivity index (χ2v) is 3.12. The molecule has 1 rings (SSSR count). The first-order valence-corrected chi connectivity index (χ1v) is 3.90. The van der Waals surface area contributed by atoms with E-state index in [2.05, 4.69) is 0 Å². The van der Waals surface area contributed by atoms with Crippen molar-refractivity contribution in [3.8, 4) is 0 Å². The van der Waals surface area contributed by atoms with Crippen LogP contribution in [0.3, 0.4) is 0 Å². The Bertz CT molecular complexity index is 165. The summed E-state index contributed by atoms with van der Waals surface area (Å²) in [4.78, 5) is 20.6. The van der Waals surface area contributed by atoms with E-state index in [1.807, 2.05) is 0 Å². The van der Waals surface area contributed by atoms with E-state index in [1.165, 1.54) is 0 Å². The van der Waals surface area contributed by atoms with Crippen molar-refractivity contribution in [2.24, 2.45) is 11.8 Å². The van der Waals surface area contributed by atoms with Gasteiger partial charge in [-0.2, -0.15) is 0 Å². The molecule has 0 radical (unpaired) electrons. The van der Waals surface area contributed by atoms with Gasteiger partial charge in [0.2, 0.25) is 0 Å². The van der Waals surface area contributed by atoms with Gasteiger partial charge in [-0.05, 0) is 25.2 Å². The average Bonchev–Trinajstić information content (AvgIpc) is 2.37. The number of aldehydes is 1. The number of hydrogen-bond acceptors (Lipinski definition) is 2. The fourth-order valence-electron chi connectivity index (χ4n) is 1.65. The van der Waals surface area contributed by atoms with Crippen LogP contribution >= 0.6 is 0 Å². The predicted octanol–water partition coefficient (Wildman–Crippen LogP) is 1.08. The van der Waals surface area contributed by atoms with E-state index in [-0.39, 0.29) is 5.92 Å². The largest absolute Gasteiger partial charge is 0.481 e. The van der Waals surface area contributed by atoms with Crippen LogP contribution < -0.4 is 0 Å². The van der Waals surface area contributed by atoms with Gasteiger partial charge in [0.25, 0.3) is 0 Å². The molecule has 0 aromatic heterocycles. The third kappa shape index (κ3) is 2.03. The first kappa shape index (κ1) is 8.24. The van der Waals surface area contributed by atoms with Gasteiger partial charge in [-0.1, -0.05) is 0 Å². The standard InChI is InChI=1S/C8H12O3/c9-4-3-6-1-2-7(5-6)8(10)11/h4,6-7H,1-3,5H2,(H,10,11). The molecular weight excluding hydrogens is 144 g/mol. The molecule has 0 amide bonds. The number of carboxylic acid groups (broad SMARTS) is 1. The van der Waals surface area contributed by atoms with E-state index in [1.54, 1.807) is 0 Å². The number of carboxylic acids is 1. The summed E-state index contributed by atoms with van der Waals surface area (Å²) in [5, 5.41) is 8.61. The van der Waals surface area contributed by atoms with E-state index in [0.29, 0.717) is 18.8 Å². The minimum atomic E-state index is -0.710. The summed E-state index contributed by atoms with van der Waals surface area (Å²) in [6.07, 6.45) is 3.75. The molecule has 1 aliphatic carbocycles. The van der Waals surface area contributed by atoms with Crippen molar-refractivity contribution < 1.29 is 14.7 Å². The number of aliphatic carboxylic acids is 1. The summed E-state index contributed by atoms with van der Waals surface area (Å²) in [6.45, 7) is 0. The minimum absolute atomic E-state index is 0.194. The lowest BCUT2D eigenvalue weighted by Gasteiger charge is -2.02. The van der Waals surface area contributed by atoms with Gasteiger partial charge in [0, 0.05) is 6.42 Å². The monoisotopic (exact) mass is 156 g/mol.